The number of aliphatic carboxylic acids is 2. The number of carbonyl (C=O) groups is 5. The molecule has 0 unspecified atom stereocenters. The summed E-state index contributed by atoms with van der Waals surface area (Å²) in [6.07, 6.45) is -0.0529. The van der Waals surface area contributed by atoms with Gasteiger partial charge >= 0.3 is 18.0 Å². The van der Waals surface area contributed by atoms with E-state index in [0.717, 1.165) is 4.90 Å². The predicted octanol–water partition coefficient (Wildman–Crippen LogP) is -0.187. The van der Waals surface area contributed by atoms with Crippen molar-refractivity contribution in [3.05, 3.63) is 11.3 Å². The summed E-state index contributed by atoms with van der Waals surface area (Å²) in [4.78, 5) is 62.7. The number of methoxy groups -OCH3 is 1. The van der Waals surface area contributed by atoms with Gasteiger partial charge in [0, 0.05) is 44.4 Å². The second kappa shape index (κ2) is 11.1. The summed E-state index contributed by atoms with van der Waals surface area (Å²) in [6.45, 7) is 1.23. The molecule has 2 fully saturated rings. The molecule has 3 heterocycles. The maximum absolute atomic E-state index is 13.0. The molecular formula is C20H27N3O10S. The molecule has 0 bridgehead atoms. The Bertz CT molecular complexity index is 888. The third kappa shape index (κ3) is 5.28. The average Bonchev–Trinajstić information content (AvgIpc) is 2.83. The number of β-lactam (4-membered cyclic amide) rings is 1. The van der Waals surface area contributed by atoms with Crippen molar-refractivity contribution in [1.82, 2.24) is 15.1 Å². The molecule has 3 amide bonds. The molecule has 3 N–H and O–H groups in total. The molecule has 3 aliphatic rings. The summed E-state index contributed by atoms with van der Waals surface area (Å²) in [5.41, 5.74) is -1.77. The van der Waals surface area contributed by atoms with E-state index < -0.39 is 40.9 Å². The van der Waals surface area contributed by atoms with Crippen LogP contribution in [-0.4, -0.2) is 107 Å². The molecule has 14 heteroatoms. The molecule has 34 heavy (non-hydrogen) atoms. The molecule has 3 aliphatic heterocycles. The van der Waals surface area contributed by atoms with Crippen molar-refractivity contribution in [2.45, 2.75) is 36.8 Å². The summed E-state index contributed by atoms with van der Waals surface area (Å²) in [5.74, 6) is -3.43. The minimum absolute atomic E-state index is 0.00652. The van der Waals surface area contributed by atoms with Gasteiger partial charge < -0.3 is 34.6 Å². The lowest BCUT2D eigenvalue weighted by atomic mass is 9.97. The number of amides is 3. The van der Waals surface area contributed by atoms with E-state index >= 15 is 0 Å². The van der Waals surface area contributed by atoms with E-state index in [2.05, 4.69) is 5.32 Å². The highest BCUT2D eigenvalue weighted by Gasteiger charge is 2.66. The van der Waals surface area contributed by atoms with Gasteiger partial charge in [0.25, 0.3) is 11.6 Å². The smallest absolute Gasteiger partial charge is 0.410 e. The monoisotopic (exact) mass is 501 g/mol. The molecule has 2 atom stereocenters. The fourth-order valence-electron chi connectivity index (χ4n) is 3.87. The van der Waals surface area contributed by atoms with Crippen molar-refractivity contribution in [2.75, 3.05) is 45.8 Å². The molecule has 0 aromatic heterocycles. The van der Waals surface area contributed by atoms with E-state index in [1.807, 2.05) is 0 Å². The Labute approximate surface area is 199 Å². The van der Waals surface area contributed by atoms with Gasteiger partial charge in [-0.15, -0.1) is 11.8 Å². The Balaban J connectivity index is 1.66. The van der Waals surface area contributed by atoms with E-state index in [1.165, 1.54) is 23.8 Å². The molecule has 3 rings (SSSR count). The van der Waals surface area contributed by atoms with Crippen LogP contribution in [0, 0.1) is 0 Å². The standard InChI is InChI=1S/C20H27N3O10S/c1-31-20(21-13(24)4-2-3-5-14(25)26)17(29)23-15(16(27)28)12(11-34-18(20)23)10-33-19(30)22-6-8-32-9-7-22/h18H,2-11H2,1H3,(H,21,24)(H,25,26)(H,27,28)/t18-,20-/m0/s1. The Hall–Kier alpha value is -2.84. The highest BCUT2D eigenvalue weighted by atomic mass is 32.2. The summed E-state index contributed by atoms with van der Waals surface area (Å²) in [7, 11) is 1.24. The molecule has 13 nitrogen and oxygen atoms in total. The number of morpholine rings is 1. The molecule has 0 aliphatic carbocycles. The number of unbranched alkanes of at least 4 members (excludes halogenated alkanes) is 1. The number of nitrogens with one attached hydrogen (secondary N) is 1. The number of fused-ring (bicyclic) bond motifs is 1. The summed E-state index contributed by atoms with van der Waals surface area (Å²) < 4.78 is 15.8. The number of carboxylic acids is 2. The van der Waals surface area contributed by atoms with E-state index in [-0.39, 0.29) is 36.5 Å². The number of rotatable bonds is 10. The van der Waals surface area contributed by atoms with Crippen LogP contribution in [0.2, 0.25) is 0 Å². The van der Waals surface area contributed by atoms with Crippen molar-refractivity contribution in [3.63, 3.8) is 0 Å². The fraction of sp³-hybridized carbons (Fsp3) is 0.650. The fourth-order valence-corrected chi connectivity index (χ4v) is 5.29. The first-order chi connectivity index (χ1) is 16.2. The number of thioether (sulfide) groups is 1. The number of hydrogen-bond acceptors (Lipinski definition) is 9. The Morgan fingerprint density at radius 1 is 1.18 bits per heavy atom. The lowest BCUT2D eigenvalue weighted by Crippen LogP contribution is -2.80. The topological polar surface area (TPSA) is 172 Å². The molecule has 2 saturated heterocycles. The van der Waals surface area contributed by atoms with E-state index in [1.54, 1.807) is 0 Å². The summed E-state index contributed by atoms with van der Waals surface area (Å²) in [5, 5.41) is 20.2. The van der Waals surface area contributed by atoms with Crippen LogP contribution in [0.4, 0.5) is 4.79 Å². The number of ether oxygens (including phenoxy) is 3. The molecule has 0 aromatic rings. The number of carboxylic acid groups (broad SMARTS) is 2. The maximum atomic E-state index is 13.0. The molecule has 0 spiro atoms. The van der Waals surface area contributed by atoms with Crippen molar-refractivity contribution in [2.24, 2.45) is 0 Å². The second-order valence-corrected chi connectivity index (χ2v) is 8.91. The van der Waals surface area contributed by atoms with Gasteiger partial charge in [-0.1, -0.05) is 0 Å². The van der Waals surface area contributed by atoms with Gasteiger partial charge in [0.15, 0.2) is 0 Å². The minimum Gasteiger partial charge on any atom is -0.481 e. The first kappa shape index (κ1) is 25.8. The van der Waals surface area contributed by atoms with Crippen molar-refractivity contribution in [3.8, 4) is 0 Å². The van der Waals surface area contributed by atoms with E-state index in [0.29, 0.717) is 39.1 Å². The van der Waals surface area contributed by atoms with Crippen LogP contribution < -0.4 is 5.32 Å². The normalized spacial score (nSPS) is 24.3. The van der Waals surface area contributed by atoms with Crippen LogP contribution in [0.1, 0.15) is 25.7 Å². The largest absolute Gasteiger partial charge is 0.481 e. The molecular weight excluding hydrogens is 474 g/mol. The molecule has 0 saturated carbocycles. The first-order valence-corrected chi connectivity index (χ1v) is 11.7. The first-order valence-electron chi connectivity index (χ1n) is 10.7. The molecule has 0 radical (unpaired) electrons. The van der Waals surface area contributed by atoms with Gasteiger partial charge in [-0.25, -0.2) is 9.59 Å². The number of nitrogens with zero attached hydrogens (tertiary/aromatic N) is 2. The molecule has 188 valence electrons. The quantitative estimate of drug-likeness (QED) is 0.206. The van der Waals surface area contributed by atoms with Crippen LogP contribution >= 0.6 is 11.8 Å². The van der Waals surface area contributed by atoms with Crippen molar-refractivity contribution < 1.29 is 48.4 Å². The van der Waals surface area contributed by atoms with Crippen molar-refractivity contribution >= 4 is 41.6 Å². The third-order valence-electron chi connectivity index (χ3n) is 5.64. The maximum Gasteiger partial charge on any atom is 0.410 e. The number of hydrogen-bond donors (Lipinski definition) is 3. The Morgan fingerprint density at radius 2 is 1.85 bits per heavy atom. The van der Waals surface area contributed by atoms with Crippen LogP contribution in [-0.2, 0) is 33.4 Å². The van der Waals surface area contributed by atoms with E-state index in [9.17, 15) is 29.1 Å². The van der Waals surface area contributed by atoms with Gasteiger partial charge in [-0.2, -0.15) is 0 Å². The highest BCUT2D eigenvalue weighted by molar-refractivity contribution is 8.00. The zero-order chi connectivity index (χ0) is 24.9. The van der Waals surface area contributed by atoms with Gasteiger partial charge in [0.2, 0.25) is 5.91 Å². The molecule has 0 aromatic carbocycles. The predicted molar refractivity (Wildman–Crippen MR) is 115 cm³/mol. The SMILES string of the molecule is CO[C@@]1(NC(=O)CCCCC(=O)O)C(=O)N2C(C(=O)O)=C(COC(=O)N3CCOCC3)CS[C@H]21. The second-order valence-electron chi connectivity index (χ2n) is 7.84. The van der Waals surface area contributed by atoms with Gasteiger partial charge in [0.05, 0.1) is 13.2 Å². The Kier molecular flexibility index (Phi) is 8.38. The summed E-state index contributed by atoms with van der Waals surface area (Å²) in [6, 6.07) is 0. The third-order valence-corrected chi connectivity index (χ3v) is 7.02. The zero-order valence-electron chi connectivity index (χ0n) is 18.6. The van der Waals surface area contributed by atoms with Crippen LogP contribution in [0.5, 0.6) is 0 Å². The van der Waals surface area contributed by atoms with Gasteiger partial charge in [0.1, 0.15) is 17.7 Å². The van der Waals surface area contributed by atoms with Gasteiger partial charge in [-0.05, 0) is 12.8 Å². The minimum atomic E-state index is -1.73. The zero-order valence-corrected chi connectivity index (χ0v) is 19.4. The highest BCUT2D eigenvalue weighted by Crippen LogP contribution is 2.46. The lowest BCUT2D eigenvalue weighted by Gasteiger charge is -2.55. The van der Waals surface area contributed by atoms with Crippen molar-refractivity contribution in [1.29, 1.82) is 0 Å². The lowest BCUT2D eigenvalue weighted by molar-refractivity contribution is -0.192. The van der Waals surface area contributed by atoms with Gasteiger partial charge in [-0.3, -0.25) is 19.3 Å². The Morgan fingerprint density at radius 3 is 2.47 bits per heavy atom. The van der Waals surface area contributed by atoms with E-state index in [4.69, 9.17) is 19.3 Å². The summed E-state index contributed by atoms with van der Waals surface area (Å²) >= 11 is 1.18. The van der Waals surface area contributed by atoms with Crippen LogP contribution in [0.15, 0.2) is 11.3 Å². The number of carbonyl (C=O) groups excluding carboxylic acids is 3. The average molecular weight is 502 g/mol. The van der Waals surface area contributed by atoms with Crippen LogP contribution in [0.25, 0.3) is 0 Å². The van der Waals surface area contributed by atoms with Crippen LogP contribution in [0.3, 0.4) is 0 Å².